The number of nitrogens with zero attached hydrogens (tertiary/aromatic N) is 1. The Hall–Kier alpha value is -0.160. The van der Waals surface area contributed by atoms with Crippen LogP contribution in [0.2, 0.25) is 0 Å². The van der Waals surface area contributed by atoms with Crippen LogP contribution in [0.3, 0.4) is 0 Å². The highest BCUT2D eigenvalue weighted by Gasteiger charge is 2.11. The van der Waals surface area contributed by atoms with Crippen molar-refractivity contribution in [2.45, 2.75) is 39.8 Å². The Balaban J connectivity index is 3.41. The van der Waals surface area contributed by atoms with E-state index in [0.717, 1.165) is 32.7 Å². The molecule has 0 amide bonds. The molecule has 0 aliphatic carbocycles. The van der Waals surface area contributed by atoms with E-state index in [1.165, 1.54) is 0 Å². The van der Waals surface area contributed by atoms with Gasteiger partial charge in [-0.05, 0) is 27.7 Å². The second kappa shape index (κ2) is 10.0. The van der Waals surface area contributed by atoms with E-state index in [2.05, 4.69) is 43.2 Å². The van der Waals surface area contributed by atoms with Crippen LogP contribution in [0, 0.1) is 0 Å². The normalized spacial score (nSPS) is 12.0. The SMILES string of the molecule is CC(C)N(CCNCCNCCN)C(C)C. The Morgan fingerprint density at radius 3 is 1.81 bits per heavy atom. The summed E-state index contributed by atoms with van der Waals surface area (Å²) in [4.78, 5) is 2.50. The van der Waals surface area contributed by atoms with E-state index in [-0.39, 0.29) is 0 Å². The Kier molecular flexibility index (Phi) is 9.92. The van der Waals surface area contributed by atoms with Gasteiger partial charge in [0.2, 0.25) is 0 Å². The lowest BCUT2D eigenvalue weighted by Crippen LogP contribution is -2.42. The molecule has 0 fully saturated rings. The Bertz CT molecular complexity index is 140. The fourth-order valence-corrected chi connectivity index (χ4v) is 1.85. The van der Waals surface area contributed by atoms with E-state index in [4.69, 9.17) is 5.73 Å². The molecule has 0 aliphatic heterocycles. The molecular weight excluding hydrogens is 200 g/mol. The Morgan fingerprint density at radius 1 is 0.875 bits per heavy atom. The molecule has 0 atom stereocenters. The van der Waals surface area contributed by atoms with Gasteiger partial charge in [0.1, 0.15) is 0 Å². The summed E-state index contributed by atoms with van der Waals surface area (Å²) in [7, 11) is 0. The van der Waals surface area contributed by atoms with Crippen LogP contribution < -0.4 is 16.4 Å². The summed E-state index contributed by atoms with van der Waals surface area (Å²) >= 11 is 0. The van der Waals surface area contributed by atoms with Crippen LogP contribution in [0.5, 0.6) is 0 Å². The van der Waals surface area contributed by atoms with Gasteiger partial charge < -0.3 is 16.4 Å². The van der Waals surface area contributed by atoms with Crippen molar-refractivity contribution in [3.8, 4) is 0 Å². The van der Waals surface area contributed by atoms with Crippen LogP contribution >= 0.6 is 0 Å². The number of rotatable bonds is 10. The monoisotopic (exact) mass is 230 g/mol. The summed E-state index contributed by atoms with van der Waals surface area (Å²) in [5.41, 5.74) is 5.39. The molecule has 4 heteroatoms. The van der Waals surface area contributed by atoms with Gasteiger partial charge in [0.15, 0.2) is 0 Å². The summed E-state index contributed by atoms with van der Waals surface area (Å²) in [6.07, 6.45) is 0. The second-order valence-corrected chi connectivity index (χ2v) is 4.71. The van der Waals surface area contributed by atoms with Gasteiger partial charge in [-0.2, -0.15) is 0 Å². The molecular formula is C12H30N4. The van der Waals surface area contributed by atoms with Gasteiger partial charge in [0.05, 0.1) is 0 Å². The van der Waals surface area contributed by atoms with Crippen molar-refractivity contribution in [2.75, 3.05) is 39.3 Å². The molecule has 0 aromatic rings. The zero-order valence-corrected chi connectivity index (χ0v) is 11.4. The molecule has 0 radical (unpaired) electrons. The first-order chi connectivity index (χ1) is 7.59. The Labute approximate surface area is 101 Å². The predicted octanol–water partition coefficient (Wildman–Crippen LogP) is 0.243. The minimum Gasteiger partial charge on any atom is -0.329 e. The maximum atomic E-state index is 5.39. The molecule has 98 valence electrons. The quantitative estimate of drug-likeness (QED) is 0.471. The zero-order chi connectivity index (χ0) is 12.4. The van der Waals surface area contributed by atoms with Gasteiger partial charge in [0, 0.05) is 51.4 Å². The molecule has 0 bridgehead atoms. The van der Waals surface area contributed by atoms with Crippen molar-refractivity contribution in [1.29, 1.82) is 0 Å². The van der Waals surface area contributed by atoms with E-state index in [1.807, 2.05) is 0 Å². The van der Waals surface area contributed by atoms with Crippen molar-refractivity contribution in [1.82, 2.24) is 15.5 Å². The largest absolute Gasteiger partial charge is 0.329 e. The van der Waals surface area contributed by atoms with Gasteiger partial charge in [-0.25, -0.2) is 0 Å². The van der Waals surface area contributed by atoms with Crippen molar-refractivity contribution >= 4 is 0 Å². The summed E-state index contributed by atoms with van der Waals surface area (Å²) in [6, 6.07) is 1.24. The second-order valence-electron chi connectivity index (χ2n) is 4.71. The summed E-state index contributed by atoms with van der Waals surface area (Å²) in [5, 5.41) is 6.71. The zero-order valence-electron chi connectivity index (χ0n) is 11.4. The molecule has 0 unspecified atom stereocenters. The first-order valence-corrected chi connectivity index (χ1v) is 6.46. The van der Waals surface area contributed by atoms with Crippen LogP contribution in [0.15, 0.2) is 0 Å². The van der Waals surface area contributed by atoms with E-state index in [0.29, 0.717) is 18.6 Å². The van der Waals surface area contributed by atoms with E-state index < -0.39 is 0 Å². The van der Waals surface area contributed by atoms with Crippen molar-refractivity contribution in [3.63, 3.8) is 0 Å². The van der Waals surface area contributed by atoms with E-state index in [1.54, 1.807) is 0 Å². The minimum atomic E-state index is 0.622. The molecule has 0 saturated heterocycles. The van der Waals surface area contributed by atoms with Crippen LogP contribution in [-0.2, 0) is 0 Å². The molecule has 4 N–H and O–H groups in total. The van der Waals surface area contributed by atoms with E-state index in [9.17, 15) is 0 Å². The molecule has 16 heavy (non-hydrogen) atoms. The third kappa shape index (κ3) is 8.05. The average Bonchev–Trinajstić information content (AvgIpc) is 2.21. The molecule has 0 aromatic carbocycles. The highest BCUT2D eigenvalue weighted by molar-refractivity contribution is 4.68. The van der Waals surface area contributed by atoms with Crippen molar-refractivity contribution in [2.24, 2.45) is 5.73 Å². The van der Waals surface area contributed by atoms with Crippen LogP contribution in [-0.4, -0.2) is 56.3 Å². The van der Waals surface area contributed by atoms with Crippen LogP contribution in [0.1, 0.15) is 27.7 Å². The maximum absolute atomic E-state index is 5.39. The number of hydrogen-bond donors (Lipinski definition) is 3. The molecule has 0 aromatic heterocycles. The lowest BCUT2D eigenvalue weighted by atomic mass is 10.2. The predicted molar refractivity (Wildman–Crippen MR) is 71.8 cm³/mol. The topological polar surface area (TPSA) is 53.3 Å². The molecule has 0 saturated carbocycles. The highest BCUT2D eigenvalue weighted by Crippen LogP contribution is 2.02. The third-order valence-corrected chi connectivity index (χ3v) is 2.67. The lowest BCUT2D eigenvalue weighted by Gasteiger charge is -2.30. The summed E-state index contributed by atoms with van der Waals surface area (Å²) in [6.45, 7) is 14.8. The van der Waals surface area contributed by atoms with Crippen molar-refractivity contribution in [3.05, 3.63) is 0 Å². The fraction of sp³-hybridized carbons (Fsp3) is 1.00. The van der Waals surface area contributed by atoms with Gasteiger partial charge in [-0.15, -0.1) is 0 Å². The minimum absolute atomic E-state index is 0.622. The third-order valence-electron chi connectivity index (χ3n) is 2.67. The molecule has 0 spiro atoms. The average molecular weight is 230 g/mol. The molecule has 0 rings (SSSR count). The van der Waals surface area contributed by atoms with Crippen LogP contribution in [0.25, 0.3) is 0 Å². The fourth-order valence-electron chi connectivity index (χ4n) is 1.85. The number of nitrogens with two attached hydrogens (primary N) is 1. The smallest absolute Gasteiger partial charge is 0.0112 e. The molecule has 0 heterocycles. The van der Waals surface area contributed by atoms with Gasteiger partial charge in [0.25, 0.3) is 0 Å². The lowest BCUT2D eigenvalue weighted by molar-refractivity contribution is 0.176. The Morgan fingerprint density at radius 2 is 1.38 bits per heavy atom. The maximum Gasteiger partial charge on any atom is 0.0112 e. The van der Waals surface area contributed by atoms with Gasteiger partial charge in [-0.3, -0.25) is 4.90 Å². The highest BCUT2D eigenvalue weighted by atomic mass is 15.2. The van der Waals surface area contributed by atoms with Gasteiger partial charge >= 0.3 is 0 Å². The van der Waals surface area contributed by atoms with Crippen molar-refractivity contribution < 1.29 is 0 Å². The standard InChI is InChI=1S/C12H30N4/c1-11(2)16(12(3)4)10-9-15-8-7-14-6-5-13/h11-12,14-15H,5-10,13H2,1-4H3. The molecule has 0 aliphatic rings. The first kappa shape index (κ1) is 15.8. The van der Waals surface area contributed by atoms with E-state index >= 15 is 0 Å². The summed E-state index contributed by atoms with van der Waals surface area (Å²) in [5.74, 6) is 0. The number of hydrogen-bond acceptors (Lipinski definition) is 4. The molecule has 4 nitrogen and oxygen atoms in total. The summed E-state index contributed by atoms with van der Waals surface area (Å²) < 4.78 is 0. The number of nitrogens with one attached hydrogen (secondary N) is 2. The first-order valence-electron chi connectivity index (χ1n) is 6.46. The van der Waals surface area contributed by atoms with Crippen LogP contribution in [0.4, 0.5) is 0 Å². The van der Waals surface area contributed by atoms with Gasteiger partial charge in [-0.1, -0.05) is 0 Å².